The lowest BCUT2D eigenvalue weighted by atomic mass is 10.3. The van der Waals surface area contributed by atoms with Crippen molar-refractivity contribution in [2.45, 2.75) is 17.6 Å². The second-order valence-corrected chi connectivity index (χ2v) is 9.16. The zero-order valence-electron chi connectivity index (χ0n) is 11.0. The number of thiophene rings is 1. The maximum atomic E-state index is 12.2. The van der Waals surface area contributed by atoms with Gasteiger partial charge in [-0.05, 0) is 34.5 Å². The van der Waals surface area contributed by atoms with E-state index in [1.165, 1.54) is 7.11 Å². The molecule has 0 aromatic carbocycles. The Morgan fingerprint density at radius 1 is 1.52 bits per heavy atom. The third-order valence-corrected chi connectivity index (χ3v) is 7.31. The highest BCUT2D eigenvalue weighted by Gasteiger charge is 2.20. The number of halogens is 1. The largest absolute Gasteiger partial charge is 0.469 e. The van der Waals surface area contributed by atoms with E-state index >= 15 is 0 Å². The highest BCUT2D eigenvalue weighted by Crippen LogP contribution is 2.32. The van der Waals surface area contributed by atoms with E-state index in [9.17, 15) is 13.2 Å². The van der Waals surface area contributed by atoms with E-state index < -0.39 is 16.0 Å². The summed E-state index contributed by atoms with van der Waals surface area (Å²) in [5, 5.41) is 1.83. The maximum absolute atomic E-state index is 12.2. The van der Waals surface area contributed by atoms with Crippen LogP contribution in [-0.2, 0) is 26.0 Å². The van der Waals surface area contributed by atoms with Crippen molar-refractivity contribution in [3.05, 3.63) is 26.5 Å². The van der Waals surface area contributed by atoms with E-state index in [1.807, 2.05) is 6.92 Å². The van der Waals surface area contributed by atoms with Gasteiger partial charge in [-0.1, -0.05) is 0 Å². The summed E-state index contributed by atoms with van der Waals surface area (Å²) < 4.78 is 32.3. The molecule has 2 heterocycles. The predicted molar refractivity (Wildman–Crippen MR) is 85.4 cm³/mol. The molecule has 1 N–H and O–H groups in total. The number of hydrogen-bond donors (Lipinski definition) is 1. The second-order valence-electron chi connectivity index (χ2n) is 4.02. The van der Waals surface area contributed by atoms with Crippen molar-refractivity contribution in [1.82, 2.24) is 4.98 Å². The molecule has 0 bridgehead atoms. The molecule has 0 radical (unpaired) electrons. The molecule has 0 saturated heterocycles. The van der Waals surface area contributed by atoms with Crippen LogP contribution in [0.2, 0.25) is 0 Å². The molecule has 0 amide bonds. The molecule has 0 aliphatic heterocycles. The summed E-state index contributed by atoms with van der Waals surface area (Å²) in [7, 11) is -2.38. The minimum absolute atomic E-state index is 0.0123. The van der Waals surface area contributed by atoms with E-state index in [-0.39, 0.29) is 15.8 Å². The summed E-state index contributed by atoms with van der Waals surface area (Å²) in [4.78, 5) is 15.2. The van der Waals surface area contributed by atoms with Crippen molar-refractivity contribution in [3.63, 3.8) is 0 Å². The Morgan fingerprint density at radius 3 is 2.81 bits per heavy atom. The van der Waals surface area contributed by atoms with Gasteiger partial charge in [0.25, 0.3) is 10.0 Å². The fourth-order valence-corrected chi connectivity index (χ4v) is 5.57. The monoisotopic (exact) mass is 410 g/mol. The molecule has 6 nitrogen and oxygen atoms in total. The quantitative estimate of drug-likeness (QED) is 0.765. The number of anilines is 1. The standard InChI is InChI=1S/C11H11BrN2O4S3/c1-6-3-9(20-10(6)12)21(16,17)14-11-13-7(5-19-11)4-8(15)18-2/h3,5H,4H2,1-2H3,(H,13,14). The molecule has 0 spiro atoms. The van der Waals surface area contributed by atoms with Crippen LogP contribution in [0.5, 0.6) is 0 Å². The third kappa shape index (κ3) is 4.02. The van der Waals surface area contributed by atoms with Crippen LogP contribution in [0.1, 0.15) is 11.3 Å². The van der Waals surface area contributed by atoms with Gasteiger partial charge in [0.05, 0.1) is 23.0 Å². The number of sulfonamides is 1. The number of carbonyl (C=O) groups excluding carboxylic acids is 1. The van der Waals surface area contributed by atoms with Gasteiger partial charge in [0.15, 0.2) is 5.13 Å². The second kappa shape index (κ2) is 6.42. The number of ether oxygens (including phenoxy) is 1. The summed E-state index contributed by atoms with van der Waals surface area (Å²) in [6.45, 7) is 1.82. The van der Waals surface area contributed by atoms with Gasteiger partial charge in [0, 0.05) is 5.38 Å². The zero-order valence-corrected chi connectivity index (χ0v) is 15.1. The van der Waals surface area contributed by atoms with Gasteiger partial charge in [-0.25, -0.2) is 13.4 Å². The molecular formula is C11H11BrN2O4S3. The smallest absolute Gasteiger partial charge is 0.311 e. The molecular weight excluding hydrogens is 400 g/mol. The number of nitrogens with zero attached hydrogens (tertiary/aromatic N) is 1. The van der Waals surface area contributed by atoms with Crippen LogP contribution in [0.25, 0.3) is 0 Å². The van der Waals surface area contributed by atoms with Gasteiger partial charge in [-0.3, -0.25) is 9.52 Å². The summed E-state index contributed by atoms with van der Waals surface area (Å²) in [5.74, 6) is -0.424. The maximum Gasteiger partial charge on any atom is 0.311 e. The topological polar surface area (TPSA) is 85.4 Å². The summed E-state index contributed by atoms with van der Waals surface area (Å²) in [6.07, 6.45) is 0.0123. The number of methoxy groups -OCH3 is 1. The molecule has 0 atom stereocenters. The number of nitrogens with one attached hydrogen (secondary N) is 1. The Morgan fingerprint density at radius 2 is 2.24 bits per heavy atom. The van der Waals surface area contributed by atoms with Crippen molar-refractivity contribution in [3.8, 4) is 0 Å². The van der Waals surface area contributed by atoms with Crippen LogP contribution in [0.3, 0.4) is 0 Å². The number of rotatable bonds is 5. The highest BCUT2D eigenvalue weighted by atomic mass is 79.9. The van der Waals surface area contributed by atoms with E-state index in [0.717, 1.165) is 32.0 Å². The number of hydrogen-bond acceptors (Lipinski definition) is 7. The van der Waals surface area contributed by atoms with Crippen molar-refractivity contribution in [2.24, 2.45) is 0 Å². The first-order valence-corrected chi connectivity index (χ1v) is 9.59. The first kappa shape index (κ1) is 16.4. The Kier molecular flexibility index (Phi) is 5.02. The van der Waals surface area contributed by atoms with Crippen LogP contribution in [0, 0.1) is 6.92 Å². The van der Waals surface area contributed by atoms with E-state index in [0.29, 0.717) is 5.69 Å². The van der Waals surface area contributed by atoms with Gasteiger partial charge in [0.2, 0.25) is 0 Å². The normalized spacial score (nSPS) is 11.4. The fraction of sp³-hybridized carbons (Fsp3) is 0.273. The minimum Gasteiger partial charge on any atom is -0.469 e. The molecule has 2 rings (SSSR count). The van der Waals surface area contributed by atoms with Crippen LogP contribution in [0.4, 0.5) is 5.13 Å². The average molecular weight is 411 g/mol. The lowest BCUT2D eigenvalue weighted by molar-refractivity contribution is -0.139. The van der Waals surface area contributed by atoms with Crippen LogP contribution < -0.4 is 4.72 Å². The molecule has 0 fully saturated rings. The van der Waals surface area contributed by atoms with Gasteiger partial charge < -0.3 is 4.74 Å². The van der Waals surface area contributed by atoms with Crippen LogP contribution >= 0.6 is 38.6 Å². The molecule has 2 aromatic heterocycles. The molecule has 0 saturated carbocycles. The number of esters is 1. The summed E-state index contributed by atoms with van der Waals surface area (Å²) in [6, 6.07) is 1.58. The van der Waals surface area contributed by atoms with E-state index in [4.69, 9.17) is 0 Å². The van der Waals surface area contributed by atoms with E-state index in [2.05, 4.69) is 30.4 Å². The Hall–Kier alpha value is -0.970. The molecule has 0 aliphatic carbocycles. The third-order valence-electron chi connectivity index (χ3n) is 2.43. The van der Waals surface area contributed by atoms with Crippen molar-refractivity contribution in [2.75, 3.05) is 11.8 Å². The SMILES string of the molecule is COC(=O)Cc1csc(NS(=O)(=O)c2cc(C)c(Br)s2)n1. The van der Waals surface area contributed by atoms with Crippen molar-refractivity contribution in [1.29, 1.82) is 0 Å². The number of aryl methyl sites for hydroxylation is 1. The zero-order chi connectivity index (χ0) is 15.6. The number of aromatic nitrogens is 1. The molecule has 21 heavy (non-hydrogen) atoms. The number of carbonyl (C=O) groups is 1. The Labute approximate surface area is 138 Å². The predicted octanol–water partition coefficient (Wildman–Crippen LogP) is 2.79. The summed E-state index contributed by atoms with van der Waals surface area (Å²) >= 11 is 5.54. The molecule has 0 aliphatic rings. The highest BCUT2D eigenvalue weighted by molar-refractivity contribution is 9.11. The Bertz CT molecular complexity index is 747. The fourth-order valence-electron chi connectivity index (χ4n) is 1.38. The first-order chi connectivity index (χ1) is 9.81. The van der Waals surface area contributed by atoms with Crippen LogP contribution in [0.15, 0.2) is 19.4 Å². The minimum atomic E-state index is -3.67. The van der Waals surface area contributed by atoms with Gasteiger partial charge in [0.1, 0.15) is 4.21 Å². The van der Waals surface area contributed by atoms with Gasteiger partial charge in [-0.2, -0.15) is 0 Å². The van der Waals surface area contributed by atoms with Crippen LogP contribution in [-0.4, -0.2) is 26.5 Å². The van der Waals surface area contributed by atoms with Gasteiger partial charge in [-0.15, -0.1) is 22.7 Å². The Balaban J connectivity index is 2.15. The van der Waals surface area contributed by atoms with E-state index in [1.54, 1.807) is 11.4 Å². The molecule has 10 heteroatoms. The first-order valence-electron chi connectivity index (χ1n) is 5.62. The average Bonchev–Trinajstić information content (AvgIpc) is 2.97. The lowest BCUT2D eigenvalue weighted by Crippen LogP contribution is -2.11. The summed E-state index contributed by atoms with van der Waals surface area (Å²) in [5.41, 5.74) is 1.32. The lowest BCUT2D eigenvalue weighted by Gasteiger charge is -2.01. The number of thiazole rings is 1. The molecule has 114 valence electrons. The van der Waals surface area contributed by atoms with Gasteiger partial charge >= 0.3 is 5.97 Å². The van der Waals surface area contributed by atoms with Crippen molar-refractivity contribution < 1.29 is 17.9 Å². The molecule has 2 aromatic rings. The van der Waals surface area contributed by atoms with Crippen molar-refractivity contribution >= 4 is 59.7 Å². The molecule has 0 unspecified atom stereocenters.